The van der Waals surface area contributed by atoms with E-state index >= 15 is 0 Å². The first-order valence-electron chi connectivity index (χ1n) is 29.8. The lowest BCUT2D eigenvalue weighted by molar-refractivity contribution is 0.758. The molecule has 0 amide bonds. The number of nitrogens with zero attached hydrogens (tertiary/aromatic N) is 5. The Morgan fingerprint density at radius 3 is 1.20 bits per heavy atom. The number of nitriles is 2. The average molecular weight is 1110 g/mol. The minimum Gasteiger partial charge on any atom is -0.310 e. The number of aromatic nitrogens is 1. The third-order valence-electron chi connectivity index (χ3n) is 18.4. The van der Waals surface area contributed by atoms with E-state index in [1.807, 2.05) is 24.3 Å². The summed E-state index contributed by atoms with van der Waals surface area (Å²) in [4.78, 5) is 4.71. The van der Waals surface area contributed by atoms with Gasteiger partial charge in [0.25, 0.3) is 0 Å². The summed E-state index contributed by atoms with van der Waals surface area (Å²) in [6.07, 6.45) is 6.89. The molecule has 1 heterocycles. The van der Waals surface area contributed by atoms with Crippen molar-refractivity contribution in [2.45, 2.75) is 23.7 Å². The monoisotopic (exact) mass is 1110 g/mol. The molecule has 13 aromatic rings. The number of allylic oxidation sites excluding steroid dienone is 4. The predicted molar refractivity (Wildman–Crippen MR) is 355 cm³/mol. The van der Waals surface area contributed by atoms with Gasteiger partial charge in [-0.2, -0.15) is 10.5 Å². The number of hydrogen-bond donors (Lipinski definition) is 0. The average Bonchev–Trinajstić information content (AvgIpc) is 1.61. The van der Waals surface area contributed by atoms with Crippen LogP contribution in [0.1, 0.15) is 68.5 Å². The van der Waals surface area contributed by atoms with Gasteiger partial charge in [0.15, 0.2) is 0 Å². The standard InChI is InChI=1S/C82H55N5/c83-54-56-34-38-63(39-35-56)85(67-42-46-71-69-30-16-18-32-75(69)81(77(71)52-67,58-20-6-1-7-21-58)59-22-8-2-9-23-59)65-44-48-79-73(50-65)74-51-66(45-49-80(74)87(79)62-28-14-5-15-29-62)86(64-40-36-57(55-84)37-41-64)68-43-47-72-70-31-17-19-33-76(70)82(78(72)53-68,60-24-10-3-11-25-60)61-26-12-4-13-27-61/h1-16,18,20-53H,17,19H2. The summed E-state index contributed by atoms with van der Waals surface area (Å²) in [6, 6.07) is 112. The molecule has 0 saturated heterocycles. The van der Waals surface area contributed by atoms with Gasteiger partial charge in [0, 0.05) is 50.6 Å². The van der Waals surface area contributed by atoms with Crippen molar-refractivity contribution in [3.63, 3.8) is 0 Å². The summed E-state index contributed by atoms with van der Waals surface area (Å²) in [6.45, 7) is 0. The third-order valence-corrected chi connectivity index (χ3v) is 18.4. The smallest absolute Gasteiger partial charge is 0.0991 e. The zero-order valence-corrected chi connectivity index (χ0v) is 47.6. The van der Waals surface area contributed by atoms with E-state index in [0.717, 1.165) is 74.5 Å². The Morgan fingerprint density at radius 1 is 0.322 bits per heavy atom. The molecular weight excluding hydrogens is 1050 g/mol. The SMILES string of the molecule is N#Cc1ccc(N(c2ccc3c(c2)C(c2ccccc2)(c2ccccc2)C2=CCCC=C23)c2ccc3c(c2)c2cc(N(c4ccc(C#N)cc4)c4ccc5c(c4)C(c4ccccc4)(c4ccccc4)c4ccccc4-5)ccc2n3-c2ccccc2)cc1. The Bertz CT molecular complexity index is 4890. The fourth-order valence-electron chi connectivity index (χ4n) is 14.8. The van der Waals surface area contributed by atoms with Crippen molar-refractivity contribution >= 4 is 61.5 Å². The fraction of sp³-hybridized carbons (Fsp3) is 0.0488. The Balaban J connectivity index is 0.926. The van der Waals surface area contributed by atoms with Crippen LogP contribution in [-0.2, 0) is 10.8 Å². The van der Waals surface area contributed by atoms with Gasteiger partial charge in [0.05, 0.1) is 45.1 Å². The molecule has 0 atom stereocenters. The molecule has 0 saturated carbocycles. The van der Waals surface area contributed by atoms with E-state index in [-0.39, 0.29) is 0 Å². The number of hydrogen-bond acceptors (Lipinski definition) is 4. The van der Waals surface area contributed by atoms with Crippen LogP contribution < -0.4 is 9.80 Å². The Hall–Kier alpha value is -11.5. The fourth-order valence-corrected chi connectivity index (χ4v) is 14.8. The minimum atomic E-state index is -0.610. The largest absolute Gasteiger partial charge is 0.310 e. The maximum atomic E-state index is 10.1. The third kappa shape index (κ3) is 7.91. The van der Waals surface area contributed by atoms with Crippen LogP contribution in [0, 0.1) is 22.7 Å². The highest BCUT2D eigenvalue weighted by atomic mass is 15.2. The summed E-state index contributed by atoms with van der Waals surface area (Å²) in [5, 5.41) is 22.4. The van der Waals surface area contributed by atoms with Crippen molar-refractivity contribution in [3.05, 3.63) is 371 Å². The quantitative estimate of drug-likeness (QED) is 0.129. The highest BCUT2D eigenvalue weighted by Gasteiger charge is 2.49. The van der Waals surface area contributed by atoms with Gasteiger partial charge in [-0.15, -0.1) is 0 Å². The van der Waals surface area contributed by atoms with Crippen molar-refractivity contribution < 1.29 is 0 Å². The lowest BCUT2D eigenvalue weighted by Gasteiger charge is -2.35. The number of rotatable bonds is 11. The van der Waals surface area contributed by atoms with E-state index in [0.29, 0.717) is 11.1 Å². The minimum absolute atomic E-state index is 0.561. The van der Waals surface area contributed by atoms with Gasteiger partial charge in [-0.25, -0.2) is 0 Å². The van der Waals surface area contributed by atoms with Gasteiger partial charge in [0.2, 0.25) is 0 Å². The second-order valence-corrected chi connectivity index (χ2v) is 22.8. The summed E-state index contributed by atoms with van der Waals surface area (Å²) in [7, 11) is 0. The summed E-state index contributed by atoms with van der Waals surface area (Å²) < 4.78 is 2.38. The molecule has 5 nitrogen and oxygen atoms in total. The molecule has 0 bridgehead atoms. The van der Waals surface area contributed by atoms with Crippen LogP contribution in [0.3, 0.4) is 0 Å². The molecule has 0 aliphatic heterocycles. The number of anilines is 6. The van der Waals surface area contributed by atoms with E-state index in [4.69, 9.17) is 0 Å². The maximum absolute atomic E-state index is 10.1. The van der Waals surface area contributed by atoms with Gasteiger partial charge in [0.1, 0.15) is 0 Å². The Morgan fingerprint density at radius 2 is 0.701 bits per heavy atom. The molecule has 0 fully saturated rings. The first kappa shape index (κ1) is 51.2. The molecule has 408 valence electrons. The molecule has 1 aromatic heterocycles. The summed E-state index contributed by atoms with van der Waals surface area (Å²) in [5.74, 6) is 0. The van der Waals surface area contributed by atoms with E-state index < -0.39 is 10.8 Å². The van der Waals surface area contributed by atoms with Gasteiger partial charge in [-0.1, -0.05) is 188 Å². The lowest BCUT2D eigenvalue weighted by atomic mass is 9.66. The number of benzene rings is 12. The molecule has 0 N–H and O–H groups in total. The van der Waals surface area contributed by atoms with Crippen molar-refractivity contribution in [3.8, 4) is 29.0 Å². The Kier molecular flexibility index (Phi) is 12.2. The van der Waals surface area contributed by atoms with Crippen molar-refractivity contribution in [1.82, 2.24) is 4.57 Å². The normalized spacial score (nSPS) is 14.0. The van der Waals surface area contributed by atoms with Crippen LogP contribution in [0.2, 0.25) is 0 Å². The van der Waals surface area contributed by atoms with Crippen molar-refractivity contribution in [1.29, 1.82) is 10.5 Å². The topological polar surface area (TPSA) is 59.0 Å². The lowest BCUT2D eigenvalue weighted by Crippen LogP contribution is -2.29. The molecule has 16 rings (SSSR count). The predicted octanol–water partition coefficient (Wildman–Crippen LogP) is 20.3. The molecular formula is C82H55N5. The maximum Gasteiger partial charge on any atom is 0.0991 e. The zero-order chi connectivity index (χ0) is 58.1. The van der Waals surface area contributed by atoms with Gasteiger partial charge in [-0.05, 0) is 201 Å². The molecule has 12 aromatic carbocycles. The van der Waals surface area contributed by atoms with Gasteiger partial charge in [-0.3, -0.25) is 0 Å². The van der Waals surface area contributed by atoms with E-state index in [1.165, 1.54) is 66.8 Å². The van der Waals surface area contributed by atoms with Gasteiger partial charge < -0.3 is 14.4 Å². The molecule has 5 heteroatoms. The number of para-hydroxylation sites is 1. The second kappa shape index (κ2) is 20.7. The summed E-state index contributed by atoms with van der Waals surface area (Å²) >= 11 is 0. The highest BCUT2D eigenvalue weighted by molar-refractivity contribution is 6.12. The molecule has 87 heavy (non-hydrogen) atoms. The second-order valence-electron chi connectivity index (χ2n) is 22.8. The first-order chi connectivity index (χ1) is 43.1. The van der Waals surface area contributed by atoms with E-state index in [2.05, 4.69) is 312 Å². The van der Waals surface area contributed by atoms with Crippen LogP contribution >= 0.6 is 0 Å². The zero-order valence-electron chi connectivity index (χ0n) is 47.6. The summed E-state index contributed by atoms with van der Waals surface area (Å²) in [5.41, 5.74) is 23.9. The molecule has 3 aliphatic rings. The van der Waals surface area contributed by atoms with Crippen LogP contribution in [-0.4, -0.2) is 4.57 Å². The van der Waals surface area contributed by atoms with Gasteiger partial charge >= 0.3 is 0 Å². The highest BCUT2D eigenvalue weighted by Crippen LogP contribution is 2.60. The van der Waals surface area contributed by atoms with E-state index in [1.54, 1.807) is 0 Å². The van der Waals surface area contributed by atoms with Crippen molar-refractivity contribution in [2.75, 3.05) is 9.80 Å². The van der Waals surface area contributed by atoms with E-state index in [9.17, 15) is 10.5 Å². The number of fused-ring (bicyclic) bond motifs is 9. The first-order valence-corrected chi connectivity index (χ1v) is 29.8. The van der Waals surface area contributed by atoms with Crippen LogP contribution in [0.5, 0.6) is 0 Å². The Labute approximate surface area is 506 Å². The molecule has 0 unspecified atom stereocenters. The molecule has 0 radical (unpaired) electrons. The molecule has 3 aliphatic carbocycles. The van der Waals surface area contributed by atoms with Crippen LogP contribution in [0.25, 0.3) is 44.2 Å². The van der Waals surface area contributed by atoms with Crippen molar-refractivity contribution in [2.24, 2.45) is 0 Å². The van der Waals surface area contributed by atoms with Crippen LogP contribution in [0.4, 0.5) is 34.1 Å². The van der Waals surface area contributed by atoms with Crippen LogP contribution in [0.15, 0.2) is 315 Å². The molecule has 0 spiro atoms.